The summed E-state index contributed by atoms with van der Waals surface area (Å²) in [6.07, 6.45) is 10.2. The number of hydrogen-bond donors (Lipinski definition) is 0. The Labute approximate surface area is 91.0 Å². The molecule has 0 aromatic carbocycles. The van der Waals surface area contributed by atoms with Crippen LogP contribution in [-0.2, 0) is 16.6 Å². The Balaban J connectivity index is 1.70. The van der Waals surface area contributed by atoms with Crippen molar-refractivity contribution in [3.8, 4) is 0 Å². The van der Waals surface area contributed by atoms with Gasteiger partial charge >= 0.3 is 0 Å². The predicted octanol–water partition coefficient (Wildman–Crippen LogP) is 2.50. The van der Waals surface area contributed by atoms with Crippen molar-refractivity contribution in [2.24, 2.45) is 5.92 Å². The lowest BCUT2D eigenvalue weighted by Gasteiger charge is -2.15. The van der Waals surface area contributed by atoms with Crippen molar-refractivity contribution < 1.29 is 4.79 Å². The minimum Gasteiger partial charge on any atom is -0.294 e. The van der Waals surface area contributed by atoms with Crippen LogP contribution in [-0.4, -0.2) is 16.8 Å². The van der Waals surface area contributed by atoms with Crippen LogP contribution in [0.5, 0.6) is 0 Å². The van der Waals surface area contributed by atoms with Gasteiger partial charge in [-0.05, 0) is 37.4 Å². The molecule has 0 aromatic rings. The molecule has 2 aliphatic rings. The Bertz CT molecular complexity index is 196. The average Bonchev–Trinajstić information content (AvgIpc) is 2.69. The molecule has 1 atom stereocenters. The Morgan fingerprint density at radius 2 is 1.79 bits per heavy atom. The first-order chi connectivity index (χ1) is 6.86. The van der Waals surface area contributed by atoms with Crippen molar-refractivity contribution in [2.45, 2.75) is 56.6 Å². The zero-order chi connectivity index (χ0) is 9.80. The molecular weight excluding hydrogens is 192 g/mol. The summed E-state index contributed by atoms with van der Waals surface area (Å²) in [4.78, 5) is 11.6. The molecule has 80 valence electrons. The monoisotopic (exact) mass is 213 g/mol. The van der Waals surface area contributed by atoms with Crippen LogP contribution in [0.1, 0.15) is 51.4 Å². The molecule has 0 amide bonds. The van der Waals surface area contributed by atoms with Crippen molar-refractivity contribution >= 4 is 17.5 Å². The molecule has 2 saturated carbocycles. The van der Waals surface area contributed by atoms with E-state index in [2.05, 4.69) is 0 Å². The fourth-order valence-electron chi connectivity index (χ4n) is 2.63. The molecule has 0 saturated heterocycles. The van der Waals surface area contributed by atoms with Gasteiger partial charge in [0.15, 0.2) is 11.0 Å². The van der Waals surface area contributed by atoms with E-state index in [9.17, 15) is 4.79 Å². The number of thiol groups is 1. The third-order valence-corrected chi connectivity index (χ3v) is 5.30. The van der Waals surface area contributed by atoms with Gasteiger partial charge in [-0.3, -0.25) is 4.79 Å². The lowest BCUT2D eigenvalue weighted by molar-refractivity contribution is -0.119. The van der Waals surface area contributed by atoms with Gasteiger partial charge in [0.25, 0.3) is 0 Å². The zero-order valence-corrected chi connectivity index (χ0v) is 9.77. The number of ketones is 1. The maximum atomic E-state index is 11.6. The minimum atomic E-state index is 0.421. The summed E-state index contributed by atoms with van der Waals surface area (Å²) in [5.74, 6) is 2.80. The molecule has 0 bridgehead atoms. The molecule has 2 fully saturated rings. The molecule has 14 heavy (non-hydrogen) atoms. The molecule has 0 spiro atoms. The van der Waals surface area contributed by atoms with Crippen molar-refractivity contribution in [1.82, 2.24) is 0 Å². The highest BCUT2D eigenvalue weighted by atomic mass is 32.2. The summed E-state index contributed by atoms with van der Waals surface area (Å²) >= 11 is 1.45. The SMILES string of the molecule is O=C1CCCCC1[SH+]CC1CCCC1. The van der Waals surface area contributed by atoms with Crippen LogP contribution in [0.3, 0.4) is 0 Å². The minimum absolute atomic E-state index is 0.421. The van der Waals surface area contributed by atoms with Gasteiger partial charge in [0.1, 0.15) is 5.75 Å². The molecule has 1 nitrogen and oxygen atoms in total. The van der Waals surface area contributed by atoms with E-state index >= 15 is 0 Å². The first-order valence-corrected chi connectivity index (χ1v) is 7.20. The standard InChI is InChI=1S/C12H20OS/c13-11-7-3-4-8-12(11)14-9-10-5-1-2-6-10/h10,12H,1-9H2/p+1. The molecule has 0 heterocycles. The predicted molar refractivity (Wildman–Crippen MR) is 62.8 cm³/mol. The van der Waals surface area contributed by atoms with Crippen molar-refractivity contribution in [1.29, 1.82) is 0 Å². The Morgan fingerprint density at radius 1 is 1.07 bits per heavy atom. The molecule has 0 radical (unpaired) electrons. The average molecular weight is 213 g/mol. The summed E-state index contributed by atoms with van der Waals surface area (Å²) in [6, 6.07) is 0. The van der Waals surface area contributed by atoms with Crippen LogP contribution in [0.15, 0.2) is 0 Å². The van der Waals surface area contributed by atoms with E-state index in [4.69, 9.17) is 0 Å². The van der Waals surface area contributed by atoms with Gasteiger partial charge in [0.2, 0.25) is 0 Å². The van der Waals surface area contributed by atoms with Gasteiger partial charge in [-0.2, -0.15) is 0 Å². The van der Waals surface area contributed by atoms with Crippen molar-refractivity contribution in [3.05, 3.63) is 0 Å². The highest BCUT2D eigenvalue weighted by molar-refractivity contribution is 7.80. The fraction of sp³-hybridized carbons (Fsp3) is 0.917. The first kappa shape index (κ1) is 10.5. The number of hydrogen-bond acceptors (Lipinski definition) is 1. The summed E-state index contributed by atoms with van der Waals surface area (Å²) < 4.78 is 0. The lowest BCUT2D eigenvalue weighted by atomic mass is 9.99. The summed E-state index contributed by atoms with van der Waals surface area (Å²) in [5.41, 5.74) is 0. The van der Waals surface area contributed by atoms with Crippen molar-refractivity contribution in [2.75, 3.05) is 5.75 Å². The highest BCUT2D eigenvalue weighted by Gasteiger charge is 2.30. The maximum absolute atomic E-state index is 11.6. The van der Waals surface area contributed by atoms with Gasteiger partial charge in [-0.1, -0.05) is 12.8 Å². The van der Waals surface area contributed by atoms with Gasteiger partial charge in [0.05, 0.1) is 0 Å². The van der Waals surface area contributed by atoms with Crippen LogP contribution in [0.4, 0.5) is 0 Å². The highest BCUT2D eigenvalue weighted by Crippen LogP contribution is 2.26. The molecule has 0 N–H and O–H groups in total. The van der Waals surface area contributed by atoms with Crippen LogP contribution < -0.4 is 0 Å². The maximum Gasteiger partial charge on any atom is 0.184 e. The summed E-state index contributed by atoms with van der Waals surface area (Å²) in [7, 11) is 0. The second kappa shape index (κ2) is 5.20. The Kier molecular flexibility index (Phi) is 3.91. The lowest BCUT2D eigenvalue weighted by Crippen LogP contribution is -2.28. The van der Waals surface area contributed by atoms with Crippen molar-refractivity contribution in [3.63, 3.8) is 0 Å². The normalized spacial score (nSPS) is 29.7. The van der Waals surface area contributed by atoms with Crippen LogP contribution in [0.2, 0.25) is 0 Å². The van der Waals surface area contributed by atoms with E-state index < -0.39 is 0 Å². The smallest absolute Gasteiger partial charge is 0.184 e. The quantitative estimate of drug-likeness (QED) is 0.520. The van der Waals surface area contributed by atoms with E-state index in [0.717, 1.165) is 18.8 Å². The van der Waals surface area contributed by atoms with Gasteiger partial charge < -0.3 is 0 Å². The van der Waals surface area contributed by atoms with Crippen LogP contribution >= 0.6 is 0 Å². The molecule has 2 heteroatoms. The molecule has 2 aliphatic carbocycles. The molecular formula is C12H21OS+. The molecule has 2 rings (SSSR count). The third kappa shape index (κ3) is 2.75. The summed E-state index contributed by atoms with van der Waals surface area (Å²) in [5, 5.41) is 0.421. The number of carbonyl (C=O) groups excluding carboxylic acids is 1. The number of rotatable bonds is 3. The van der Waals surface area contributed by atoms with Gasteiger partial charge in [0, 0.05) is 18.8 Å². The third-order valence-electron chi connectivity index (χ3n) is 3.58. The van der Waals surface area contributed by atoms with Crippen LogP contribution in [0, 0.1) is 5.92 Å². The number of Topliss-reactive ketones (excluding diaryl/α,β-unsaturated/α-hetero) is 1. The summed E-state index contributed by atoms with van der Waals surface area (Å²) in [6.45, 7) is 0. The zero-order valence-electron chi connectivity index (χ0n) is 8.87. The number of carbonyl (C=O) groups is 1. The van der Waals surface area contributed by atoms with E-state index in [1.54, 1.807) is 0 Å². The van der Waals surface area contributed by atoms with Gasteiger partial charge in [-0.25, -0.2) is 0 Å². The van der Waals surface area contributed by atoms with E-state index in [1.807, 2.05) is 0 Å². The van der Waals surface area contributed by atoms with Crippen LogP contribution in [0.25, 0.3) is 0 Å². The molecule has 0 aliphatic heterocycles. The van der Waals surface area contributed by atoms with Gasteiger partial charge in [-0.15, -0.1) is 0 Å². The molecule has 1 unspecified atom stereocenters. The Hall–Kier alpha value is 0.0200. The van der Waals surface area contributed by atoms with E-state index in [-0.39, 0.29) is 0 Å². The largest absolute Gasteiger partial charge is 0.294 e. The topological polar surface area (TPSA) is 17.1 Å². The molecule has 0 aromatic heterocycles. The Morgan fingerprint density at radius 3 is 2.50 bits per heavy atom. The second-order valence-corrected chi connectivity index (χ2v) is 6.10. The van der Waals surface area contributed by atoms with E-state index in [1.165, 1.54) is 56.0 Å². The van der Waals surface area contributed by atoms with E-state index in [0.29, 0.717) is 11.0 Å². The first-order valence-electron chi connectivity index (χ1n) is 6.05. The second-order valence-electron chi connectivity index (χ2n) is 4.74. The fourth-order valence-corrected chi connectivity index (χ4v) is 4.24.